The van der Waals surface area contributed by atoms with E-state index in [0.29, 0.717) is 11.4 Å². The topological polar surface area (TPSA) is 112 Å². The minimum atomic E-state index is -1.06. The van der Waals surface area contributed by atoms with Crippen LogP contribution in [-0.4, -0.2) is 68.6 Å². The number of carbonyl (C=O) groups is 2. The molecule has 2 aromatic carbocycles. The predicted octanol–water partition coefficient (Wildman–Crippen LogP) is 5.90. The quantitative estimate of drug-likeness (QED) is 0.262. The van der Waals surface area contributed by atoms with E-state index in [0.717, 1.165) is 10.6 Å². The Bertz CT molecular complexity index is 2050. The van der Waals surface area contributed by atoms with Crippen molar-refractivity contribution in [3.05, 3.63) is 81.6 Å². The molecule has 1 N–H and O–H groups in total. The Kier molecular flexibility index (Phi) is 8.27. The van der Waals surface area contributed by atoms with E-state index < -0.39 is 52.1 Å². The van der Waals surface area contributed by atoms with Crippen molar-refractivity contribution in [1.29, 1.82) is 0 Å². The van der Waals surface area contributed by atoms with Crippen molar-refractivity contribution in [3.63, 3.8) is 0 Å². The van der Waals surface area contributed by atoms with Crippen molar-refractivity contribution >= 4 is 45.7 Å². The van der Waals surface area contributed by atoms with Gasteiger partial charge in [-0.05, 0) is 43.0 Å². The number of halogens is 3. The molecule has 4 heterocycles. The van der Waals surface area contributed by atoms with Crippen LogP contribution in [0, 0.1) is 11.6 Å². The van der Waals surface area contributed by atoms with E-state index in [9.17, 15) is 14.7 Å². The highest BCUT2D eigenvalue weighted by molar-refractivity contribution is 6.35. The van der Waals surface area contributed by atoms with Gasteiger partial charge in [0, 0.05) is 30.6 Å². The summed E-state index contributed by atoms with van der Waals surface area (Å²) in [6.07, 6.45) is 2.57. The molecule has 2 aromatic heterocycles. The summed E-state index contributed by atoms with van der Waals surface area (Å²) in [5.41, 5.74) is -0.516. The second-order valence-electron chi connectivity index (χ2n) is 12.8. The van der Waals surface area contributed by atoms with Gasteiger partial charge >= 0.3 is 0 Å². The van der Waals surface area contributed by atoms with Crippen LogP contribution in [0.1, 0.15) is 57.8 Å². The number of carbonyl (C=O) groups excluding carboxylic acids is 2. The molecule has 0 spiro atoms. The Labute approximate surface area is 280 Å². The Balaban J connectivity index is 1.82. The molecular formula is C35H35ClF2N6O4. The Morgan fingerprint density at radius 2 is 1.69 bits per heavy atom. The number of hydrogen-bond donors (Lipinski definition) is 1. The van der Waals surface area contributed by atoms with Gasteiger partial charge in [0.05, 0.1) is 45.4 Å². The highest BCUT2D eigenvalue weighted by atomic mass is 35.5. The fourth-order valence-electron chi connectivity index (χ4n) is 6.91. The van der Waals surface area contributed by atoms with Gasteiger partial charge in [-0.1, -0.05) is 51.9 Å². The standard InChI is InChI=1S/C35H35ClF2N6O4/c1-8-24(46)42-14-22-34(47)41(7)33-31(43(22)13-18(42)6)19-12-20(36)25(26-21(37)10-9-11-23(26)45)27(38)30(19)44(35(33)48)32-28(16(2)3)39-15-40-29(32)17(4)5/h8-12,15-18,22,45H,1,13-14H2,2-7H3. The molecule has 0 aliphatic carbocycles. The molecule has 0 bridgehead atoms. The Hall–Kier alpha value is -4.84. The summed E-state index contributed by atoms with van der Waals surface area (Å²) >= 11 is 6.79. The van der Waals surface area contributed by atoms with Gasteiger partial charge < -0.3 is 19.8 Å². The number of rotatable bonds is 5. The normalized spacial score (nSPS) is 17.7. The van der Waals surface area contributed by atoms with E-state index in [1.165, 1.54) is 47.4 Å². The number of fused-ring (bicyclic) bond motifs is 5. The molecule has 0 saturated carbocycles. The number of benzene rings is 2. The number of phenolic OH excluding ortho intramolecular Hbond substituents is 1. The van der Waals surface area contributed by atoms with Gasteiger partial charge in [-0.2, -0.15) is 0 Å². The van der Waals surface area contributed by atoms with E-state index in [1.807, 2.05) is 27.7 Å². The number of pyridine rings is 1. The van der Waals surface area contributed by atoms with E-state index in [-0.39, 0.29) is 63.8 Å². The van der Waals surface area contributed by atoms with Gasteiger partial charge in [-0.15, -0.1) is 0 Å². The van der Waals surface area contributed by atoms with Crippen LogP contribution in [0.3, 0.4) is 0 Å². The van der Waals surface area contributed by atoms with Crippen LogP contribution in [0.5, 0.6) is 5.75 Å². The number of amides is 2. The maximum absolute atomic E-state index is 17.5. The van der Waals surface area contributed by atoms with Crippen LogP contribution in [0.15, 0.2) is 48.0 Å². The number of likely N-dealkylation sites (N-methyl/N-ethyl adjacent to an activating group) is 1. The van der Waals surface area contributed by atoms with Gasteiger partial charge in [-0.25, -0.2) is 18.7 Å². The number of hydrogen-bond acceptors (Lipinski definition) is 7. The van der Waals surface area contributed by atoms with Crippen LogP contribution in [0.25, 0.3) is 27.7 Å². The summed E-state index contributed by atoms with van der Waals surface area (Å²) in [5, 5.41) is 10.7. The van der Waals surface area contributed by atoms with Crippen LogP contribution < -0.4 is 15.4 Å². The van der Waals surface area contributed by atoms with E-state index in [2.05, 4.69) is 16.5 Å². The lowest BCUT2D eigenvalue weighted by Gasteiger charge is -2.50. The highest BCUT2D eigenvalue weighted by Crippen LogP contribution is 2.48. The van der Waals surface area contributed by atoms with Crippen molar-refractivity contribution in [3.8, 4) is 22.6 Å². The molecule has 0 radical (unpaired) electrons. The number of nitrogens with zero attached hydrogens (tertiary/aromatic N) is 6. The molecule has 2 unspecified atom stereocenters. The molecule has 2 aliphatic rings. The SMILES string of the molecule is C=CC(=O)N1CC2C(=O)N(C)c3c(c4cc(Cl)c(-c5c(O)cccc5F)c(F)c4n(-c4c(C(C)C)ncnc4C(C)C)c3=O)N2CC1C. The second kappa shape index (κ2) is 12.0. The molecule has 6 rings (SSSR count). The average molecular weight is 677 g/mol. The molecule has 13 heteroatoms. The van der Waals surface area contributed by atoms with Crippen LogP contribution in [-0.2, 0) is 9.59 Å². The third kappa shape index (κ3) is 4.84. The summed E-state index contributed by atoms with van der Waals surface area (Å²) in [7, 11) is 1.46. The lowest BCUT2D eigenvalue weighted by Crippen LogP contribution is -2.66. The summed E-state index contributed by atoms with van der Waals surface area (Å²) in [6, 6.07) is 3.68. The fourth-order valence-corrected chi connectivity index (χ4v) is 7.20. The fraction of sp³-hybridized carbons (Fsp3) is 0.343. The highest BCUT2D eigenvalue weighted by Gasteiger charge is 2.46. The maximum atomic E-state index is 17.5. The molecular weight excluding hydrogens is 642 g/mol. The van der Waals surface area contributed by atoms with E-state index in [1.54, 1.807) is 11.8 Å². The van der Waals surface area contributed by atoms with Crippen LogP contribution in [0.4, 0.5) is 20.2 Å². The van der Waals surface area contributed by atoms with Crippen molar-refractivity contribution in [2.24, 2.45) is 0 Å². The van der Waals surface area contributed by atoms with Crippen molar-refractivity contribution < 1.29 is 23.5 Å². The van der Waals surface area contributed by atoms with Gasteiger partial charge in [0.2, 0.25) is 5.91 Å². The maximum Gasteiger partial charge on any atom is 0.281 e. The number of piperazine rings is 1. The zero-order valence-corrected chi connectivity index (χ0v) is 28.1. The summed E-state index contributed by atoms with van der Waals surface area (Å²) < 4.78 is 34.0. The zero-order chi connectivity index (χ0) is 34.9. The van der Waals surface area contributed by atoms with Crippen LogP contribution >= 0.6 is 11.6 Å². The van der Waals surface area contributed by atoms with Crippen molar-refractivity contribution in [1.82, 2.24) is 19.4 Å². The zero-order valence-electron chi connectivity index (χ0n) is 27.4. The summed E-state index contributed by atoms with van der Waals surface area (Å²) in [6.45, 7) is 13.0. The number of aromatic hydroxyl groups is 1. The minimum absolute atomic E-state index is 0.00186. The van der Waals surface area contributed by atoms with Crippen LogP contribution in [0.2, 0.25) is 5.02 Å². The lowest BCUT2D eigenvalue weighted by atomic mass is 9.94. The minimum Gasteiger partial charge on any atom is -0.507 e. The van der Waals surface area contributed by atoms with Crippen molar-refractivity contribution in [2.75, 3.05) is 29.9 Å². The van der Waals surface area contributed by atoms with E-state index in [4.69, 9.17) is 11.6 Å². The average Bonchev–Trinajstić information content (AvgIpc) is 3.03. The number of aromatic nitrogens is 3. The monoisotopic (exact) mass is 676 g/mol. The molecule has 48 heavy (non-hydrogen) atoms. The van der Waals surface area contributed by atoms with Gasteiger partial charge in [-0.3, -0.25) is 19.0 Å². The number of phenols is 1. The third-order valence-electron chi connectivity index (χ3n) is 9.17. The second-order valence-corrected chi connectivity index (χ2v) is 13.2. The molecule has 1 saturated heterocycles. The molecule has 1 fully saturated rings. The van der Waals surface area contributed by atoms with Gasteiger partial charge in [0.1, 0.15) is 29.6 Å². The summed E-state index contributed by atoms with van der Waals surface area (Å²) in [5.74, 6) is -3.80. The van der Waals surface area contributed by atoms with E-state index >= 15 is 13.6 Å². The first-order valence-corrected chi connectivity index (χ1v) is 16.0. The largest absolute Gasteiger partial charge is 0.507 e. The molecule has 2 atom stereocenters. The third-order valence-corrected chi connectivity index (χ3v) is 9.47. The van der Waals surface area contributed by atoms with Crippen molar-refractivity contribution in [2.45, 2.75) is 58.5 Å². The Morgan fingerprint density at radius 3 is 2.27 bits per heavy atom. The lowest BCUT2D eigenvalue weighted by molar-refractivity contribution is -0.130. The first kappa shape index (κ1) is 33.1. The molecule has 4 aromatic rings. The predicted molar refractivity (Wildman–Crippen MR) is 181 cm³/mol. The smallest absolute Gasteiger partial charge is 0.281 e. The van der Waals surface area contributed by atoms with Gasteiger partial charge in [0.25, 0.3) is 11.5 Å². The summed E-state index contributed by atoms with van der Waals surface area (Å²) in [4.78, 5) is 55.2. The first-order chi connectivity index (χ1) is 22.7. The van der Waals surface area contributed by atoms with Gasteiger partial charge in [0.15, 0.2) is 5.82 Å². The molecule has 250 valence electrons. The Morgan fingerprint density at radius 1 is 1.04 bits per heavy atom. The molecule has 2 aliphatic heterocycles. The molecule has 10 nitrogen and oxygen atoms in total. The molecule has 2 amide bonds. The number of anilines is 2. The first-order valence-electron chi connectivity index (χ1n) is 15.6.